The van der Waals surface area contributed by atoms with Gasteiger partial charge in [-0.15, -0.1) is 11.3 Å². The molecule has 2 aromatic carbocycles. The number of carbonyl (C=O) groups is 2. The number of fused-ring (bicyclic) bond motifs is 1. The zero-order valence-electron chi connectivity index (χ0n) is 18.8. The first kappa shape index (κ1) is 22.0. The molecule has 0 spiro atoms. The van der Waals surface area contributed by atoms with Crippen molar-refractivity contribution in [3.05, 3.63) is 59.0 Å². The highest BCUT2D eigenvalue weighted by molar-refractivity contribution is 7.14. The summed E-state index contributed by atoms with van der Waals surface area (Å²) in [4.78, 5) is 31.1. The molecule has 0 fully saturated rings. The van der Waals surface area contributed by atoms with E-state index in [1.54, 1.807) is 11.9 Å². The lowest BCUT2D eigenvalue weighted by Gasteiger charge is -2.16. The third-order valence-corrected chi connectivity index (χ3v) is 6.60. The van der Waals surface area contributed by atoms with E-state index >= 15 is 0 Å². The van der Waals surface area contributed by atoms with Crippen LogP contribution in [0.5, 0.6) is 5.75 Å². The summed E-state index contributed by atoms with van der Waals surface area (Å²) >= 11 is 1.38. The number of amides is 2. The molecule has 0 bridgehead atoms. The summed E-state index contributed by atoms with van der Waals surface area (Å²) < 4.78 is 5.66. The summed E-state index contributed by atoms with van der Waals surface area (Å²) in [5.74, 6) is 0.702. The van der Waals surface area contributed by atoms with Gasteiger partial charge in [0.25, 0.3) is 0 Å². The van der Waals surface area contributed by atoms with E-state index < -0.39 is 5.41 Å². The average Bonchev–Trinajstić information content (AvgIpc) is 3.32. The lowest BCUT2D eigenvalue weighted by Crippen LogP contribution is -2.33. The Labute approximate surface area is 192 Å². The average molecular weight is 450 g/mol. The van der Waals surface area contributed by atoms with E-state index in [2.05, 4.69) is 17.2 Å². The van der Waals surface area contributed by atoms with E-state index in [9.17, 15) is 9.59 Å². The Kier molecular flexibility index (Phi) is 6.02. The van der Waals surface area contributed by atoms with Crippen LogP contribution in [0.1, 0.15) is 38.3 Å². The number of hydrogen-bond donors (Lipinski definition) is 1. The van der Waals surface area contributed by atoms with Gasteiger partial charge >= 0.3 is 0 Å². The fourth-order valence-electron chi connectivity index (χ4n) is 3.86. The lowest BCUT2D eigenvalue weighted by molar-refractivity contribution is -0.121. The molecule has 6 nitrogen and oxygen atoms in total. The normalized spacial score (nSPS) is 14.4. The Morgan fingerprint density at radius 3 is 2.66 bits per heavy atom. The van der Waals surface area contributed by atoms with Gasteiger partial charge in [0.15, 0.2) is 5.13 Å². The first-order valence-corrected chi connectivity index (χ1v) is 11.6. The molecule has 4 rings (SSSR count). The minimum Gasteiger partial charge on any atom is -0.493 e. The van der Waals surface area contributed by atoms with Crippen molar-refractivity contribution in [1.29, 1.82) is 0 Å². The number of ether oxygens (including phenoxy) is 1. The molecule has 2 heterocycles. The van der Waals surface area contributed by atoms with E-state index in [1.807, 2.05) is 61.7 Å². The fraction of sp³-hybridized carbons (Fsp3) is 0.320. The van der Waals surface area contributed by atoms with Crippen LogP contribution in [0.15, 0.2) is 47.8 Å². The van der Waals surface area contributed by atoms with E-state index in [0.717, 1.165) is 34.7 Å². The number of aromatic nitrogens is 1. The van der Waals surface area contributed by atoms with Crippen molar-refractivity contribution in [2.24, 2.45) is 0 Å². The number of nitrogens with zero attached hydrogens (tertiary/aromatic N) is 2. The molecule has 0 saturated carbocycles. The Hall–Kier alpha value is -3.19. The molecule has 1 aliphatic rings. The van der Waals surface area contributed by atoms with Crippen LogP contribution in [0.4, 0.5) is 10.8 Å². The van der Waals surface area contributed by atoms with Gasteiger partial charge in [-0.1, -0.05) is 25.1 Å². The van der Waals surface area contributed by atoms with E-state index in [4.69, 9.17) is 4.74 Å². The van der Waals surface area contributed by atoms with E-state index in [-0.39, 0.29) is 18.2 Å². The van der Waals surface area contributed by atoms with Crippen LogP contribution in [0, 0.1) is 0 Å². The molecule has 2 amide bonds. The zero-order valence-corrected chi connectivity index (χ0v) is 19.6. The Bertz CT molecular complexity index is 1150. The minimum atomic E-state index is -0.565. The van der Waals surface area contributed by atoms with Gasteiger partial charge in [-0.05, 0) is 55.7 Å². The molecule has 1 aliphatic heterocycles. The molecule has 0 atom stereocenters. The number of hydrogen-bond acceptors (Lipinski definition) is 5. The van der Waals surface area contributed by atoms with Crippen LogP contribution >= 0.6 is 11.3 Å². The van der Waals surface area contributed by atoms with Crippen LogP contribution in [0.25, 0.3) is 11.3 Å². The lowest BCUT2D eigenvalue weighted by atomic mass is 9.85. The third kappa shape index (κ3) is 4.25. The third-order valence-electron chi connectivity index (χ3n) is 5.85. The predicted molar refractivity (Wildman–Crippen MR) is 129 cm³/mol. The molecular formula is C25H27N3O3S. The number of thiazole rings is 1. The summed E-state index contributed by atoms with van der Waals surface area (Å²) in [5.41, 5.74) is 4.31. The van der Waals surface area contributed by atoms with Crippen LogP contribution in [0.2, 0.25) is 0 Å². The van der Waals surface area contributed by atoms with Gasteiger partial charge in [-0.25, -0.2) is 4.98 Å². The monoisotopic (exact) mass is 449 g/mol. The molecule has 3 aromatic rings. The van der Waals surface area contributed by atoms with E-state index in [1.165, 1.54) is 16.9 Å². The van der Waals surface area contributed by atoms with Crippen molar-refractivity contribution < 1.29 is 14.3 Å². The largest absolute Gasteiger partial charge is 0.493 e. The maximum atomic E-state index is 12.5. The number of benzene rings is 2. The van der Waals surface area contributed by atoms with Gasteiger partial charge in [0.2, 0.25) is 11.8 Å². The fourth-order valence-corrected chi connectivity index (χ4v) is 4.60. The first-order chi connectivity index (χ1) is 15.3. The van der Waals surface area contributed by atoms with Gasteiger partial charge in [0.05, 0.1) is 24.1 Å². The quantitative estimate of drug-likeness (QED) is 0.549. The molecule has 1 aromatic heterocycles. The number of carbonyl (C=O) groups excluding carboxylic acids is 2. The summed E-state index contributed by atoms with van der Waals surface area (Å²) in [6.45, 7) is 6.29. The molecule has 1 N–H and O–H groups in total. The van der Waals surface area contributed by atoms with Crippen molar-refractivity contribution in [1.82, 2.24) is 4.98 Å². The van der Waals surface area contributed by atoms with E-state index in [0.29, 0.717) is 11.7 Å². The standard InChI is InChI=1S/C25H27N3O3S/c1-5-16-6-9-18(10-7-16)31-13-12-22(29)27-24-26-20(15-32-24)17-8-11-21-19(14-17)25(2,3)23(30)28(21)4/h6-11,14-15H,5,12-13H2,1-4H3,(H,26,27,29). The van der Waals surface area contributed by atoms with Gasteiger partial charge in [0, 0.05) is 23.7 Å². The van der Waals surface area contributed by atoms with Crippen LogP contribution < -0.4 is 15.0 Å². The Morgan fingerprint density at radius 2 is 1.94 bits per heavy atom. The van der Waals surface area contributed by atoms with Gasteiger partial charge in [-0.3, -0.25) is 9.59 Å². The van der Waals surface area contributed by atoms with Crippen LogP contribution in [0.3, 0.4) is 0 Å². The first-order valence-electron chi connectivity index (χ1n) is 10.7. The van der Waals surface area contributed by atoms with Crippen molar-refractivity contribution in [2.45, 2.75) is 39.0 Å². The van der Waals surface area contributed by atoms with Crippen molar-refractivity contribution >= 4 is 34.0 Å². The predicted octanol–water partition coefficient (Wildman–Crippen LogP) is 5.03. The molecule has 166 valence electrons. The number of rotatable bonds is 7. The summed E-state index contributed by atoms with van der Waals surface area (Å²) in [6.07, 6.45) is 1.23. The summed E-state index contributed by atoms with van der Waals surface area (Å²) in [5, 5.41) is 5.31. The maximum absolute atomic E-state index is 12.5. The van der Waals surface area contributed by atoms with Gasteiger partial charge in [-0.2, -0.15) is 0 Å². The minimum absolute atomic E-state index is 0.0828. The Balaban J connectivity index is 1.36. The highest BCUT2D eigenvalue weighted by Gasteiger charge is 2.42. The van der Waals surface area contributed by atoms with Gasteiger partial charge < -0.3 is 15.0 Å². The second kappa shape index (κ2) is 8.74. The highest BCUT2D eigenvalue weighted by Crippen LogP contribution is 2.42. The van der Waals surface area contributed by atoms with Crippen molar-refractivity contribution in [2.75, 3.05) is 23.9 Å². The number of anilines is 2. The topological polar surface area (TPSA) is 71.5 Å². The van der Waals surface area contributed by atoms with Crippen molar-refractivity contribution in [3.8, 4) is 17.0 Å². The highest BCUT2D eigenvalue weighted by atomic mass is 32.1. The SMILES string of the molecule is CCc1ccc(OCCC(=O)Nc2nc(-c3ccc4c(c3)C(C)(C)C(=O)N4C)cs2)cc1. The second-order valence-electron chi connectivity index (χ2n) is 8.40. The summed E-state index contributed by atoms with van der Waals surface area (Å²) in [7, 11) is 1.80. The molecule has 0 saturated heterocycles. The maximum Gasteiger partial charge on any atom is 0.236 e. The van der Waals surface area contributed by atoms with Crippen LogP contribution in [-0.4, -0.2) is 30.5 Å². The van der Waals surface area contributed by atoms with Crippen LogP contribution in [-0.2, 0) is 21.4 Å². The number of aryl methyl sites for hydroxylation is 1. The molecule has 0 aliphatic carbocycles. The second-order valence-corrected chi connectivity index (χ2v) is 9.26. The smallest absolute Gasteiger partial charge is 0.236 e. The molecule has 32 heavy (non-hydrogen) atoms. The Morgan fingerprint density at radius 1 is 1.19 bits per heavy atom. The number of nitrogens with one attached hydrogen (secondary N) is 1. The molecular weight excluding hydrogens is 422 g/mol. The molecule has 0 unspecified atom stereocenters. The molecule has 0 radical (unpaired) electrons. The summed E-state index contributed by atoms with van der Waals surface area (Å²) in [6, 6.07) is 13.8. The van der Waals surface area contributed by atoms with Gasteiger partial charge in [0.1, 0.15) is 5.75 Å². The molecule has 7 heteroatoms. The number of likely N-dealkylation sites (N-methyl/N-ethyl adjacent to an activating group) is 1. The van der Waals surface area contributed by atoms with Crippen molar-refractivity contribution in [3.63, 3.8) is 0 Å². The zero-order chi connectivity index (χ0) is 22.9.